The minimum Gasteiger partial charge on any atom is -0.337 e. The predicted molar refractivity (Wildman–Crippen MR) is 94.6 cm³/mol. The van der Waals surface area contributed by atoms with Gasteiger partial charge < -0.3 is 10.2 Å². The van der Waals surface area contributed by atoms with Gasteiger partial charge in [0.1, 0.15) is 4.21 Å². The Morgan fingerprint density at radius 3 is 2.83 bits per heavy atom. The van der Waals surface area contributed by atoms with Crippen molar-refractivity contribution in [3.63, 3.8) is 0 Å². The SMILES string of the molecule is CCCN(C(=O)C(C)NS(=O)(=O)c1cccs1)C1CCNC1.Cl. The van der Waals surface area contributed by atoms with Crippen molar-refractivity contribution in [2.24, 2.45) is 0 Å². The van der Waals surface area contributed by atoms with Crippen molar-refractivity contribution in [1.29, 1.82) is 0 Å². The first-order valence-electron chi connectivity index (χ1n) is 7.52. The van der Waals surface area contributed by atoms with Crippen LogP contribution < -0.4 is 10.0 Å². The number of nitrogens with zero attached hydrogens (tertiary/aromatic N) is 1. The zero-order valence-electron chi connectivity index (χ0n) is 13.3. The maximum atomic E-state index is 12.6. The number of amides is 1. The average molecular weight is 382 g/mol. The third kappa shape index (κ3) is 5.15. The number of carbonyl (C=O) groups excluding carboxylic acids is 1. The Morgan fingerprint density at radius 2 is 2.30 bits per heavy atom. The van der Waals surface area contributed by atoms with Crippen molar-refractivity contribution in [2.75, 3.05) is 19.6 Å². The number of thiophene rings is 1. The van der Waals surface area contributed by atoms with Crippen molar-refractivity contribution >= 4 is 39.7 Å². The summed E-state index contributed by atoms with van der Waals surface area (Å²) < 4.78 is 27.2. The van der Waals surface area contributed by atoms with E-state index in [1.54, 1.807) is 18.4 Å². The van der Waals surface area contributed by atoms with Gasteiger partial charge in [-0.1, -0.05) is 13.0 Å². The second-order valence-corrected chi connectivity index (χ2v) is 8.34. The topological polar surface area (TPSA) is 78.5 Å². The molecule has 132 valence electrons. The van der Waals surface area contributed by atoms with Gasteiger partial charge in [-0.3, -0.25) is 4.79 Å². The van der Waals surface area contributed by atoms with Crippen LogP contribution >= 0.6 is 23.7 Å². The Labute approximate surface area is 148 Å². The first kappa shape index (κ1) is 20.4. The Balaban J connectivity index is 0.00000264. The largest absolute Gasteiger partial charge is 0.337 e. The molecule has 1 aliphatic rings. The van der Waals surface area contributed by atoms with Crippen LogP contribution in [0.2, 0.25) is 0 Å². The zero-order valence-corrected chi connectivity index (χ0v) is 15.8. The fourth-order valence-electron chi connectivity index (χ4n) is 2.63. The van der Waals surface area contributed by atoms with Gasteiger partial charge in [-0.15, -0.1) is 23.7 Å². The predicted octanol–water partition coefficient (Wildman–Crippen LogP) is 1.44. The van der Waals surface area contributed by atoms with Crippen molar-refractivity contribution in [1.82, 2.24) is 14.9 Å². The van der Waals surface area contributed by atoms with E-state index in [0.717, 1.165) is 37.3 Å². The molecule has 1 saturated heterocycles. The first-order valence-corrected chi connectivity index (χ1v) is 9.89. The maximum Gasteiger partial charge on any atom is 0.250 e. The van der Waals surface area contributed by atoms with Crippen LogP contribution in [-0.2, 0) is 14.8 Å². The molecule has 0 spiro atoms. The van der Waals surface area contributed by atoms with Gasteiger partial charge in [0, 0.05) is 19.1 Å². The Morgan fingerprint density at radius 1 is 1.57 bits per heavy atom. The van der Waals surface area contributed by atoms with Crippen LogP contribution in [0.5, 0.6) is 0 Å². The van der Waals surface area contributed by atoms with Gasteiger partial charge >= 0.3 is 0 Å². The minimum atomic E-state index is -3.63. The fraction of sp³-hybridized carbons (Fsp3) is 0.643. The maximum absolute atomic E-state index is 12.6. The first-order chi connectivity index (χ1) is 10.5. The summed E-state index contributed by atoms with van der Waals surface area (Å²) in [5, 5.41) is 4.95. The van der Waals surface area contributed by atoms with Crippen LogP contribution in [-0.4, -0.2) is 50.9 Å². The molecule has 2 atom stereocenters. The molecular weight excluding hydrogens is 358 g/mol. The van der Waals surface area contributed by atoms with Crippen LogP contribution in [0.1, 0.15) is 26.7 Å². The van der Waals surface area contributed by atoms with E-state index in [1.165, 1.54) is 6.07 Å². The van der Waals surface area contributed by atoms with Crippen LogP contribution in [0.3, 0.4) is 0 Å². The van der Waals surface area contributed by atoms with E-state index in [4.69, 9.17) is 0 Å². The second kappa shape index (κ2) is 8.98. The summed E-state index contributed by atoms with van der Waals surface area (Å²) in [5.41, 5.74) is 0. The van der Waals surface area contributed by atoms with E-state index in [9.17, 15) is 13.2 Å². The van der Waals surface area contributed by atoms with E-state index < -0.39 is 16.1 Å². The number of hydrogen-bond acceptors (Lipinski definition) is 5. The van der Waals surface area contributed by atoms with Crippen molar-refractivity contribution in [3.8, 4) is 0 Å². The molecule has 2 rings (SSSR count). The van der Waals surface area contributed by atoms with Crippen LogP contribution in [0.4, 0.5) is 0 Å². The van der Waals surface area contributed by atoms with Crippen LogP contribution in [0, 0.1) is 0 Å². The normalized spacial score (nSPS) is 19.1. The highest BCUT2D eigenvalue weighted by atomic mass is 35.5. The lowest BCUT2D eigenvalue weighted by atomic mass is 10.1. The van der Waals surface area contributed by atoms with E-state index in [0.29, 0.717) is 6.54 Å². The molecule has 0 radical (unpaired) electrons. The van der Waals surface area contributed by atoms with Gasteiger partial charge in [-0.25, -0.2) is 8.42 Å². The van der Waals surface area contributed by atoms with E-state index >= 15 is 0 Å². The van der Waals surface area contributed by atoms with Crippen molar-refractivity contribution in [2.45, 2.75) is 43.0 Å². The van der Waals surface area contributed by atoms with Crippen molar-refractivity contribution < 1.29 is 13.2 Å². The molecule has 2 heterocycles. The summed E-state index contributed by atoms with van der Waals surface area (Å²) in [6, 6.07) is 2.61. The summed E-state index contributed by atoms with van der Waals surface area (Å²) in [4.78, 5) is 14.4. The average Bonchev–Trinajstić information content (AvgIpc) is 3.15. The number of nitrogens with one attached hydrogen (secondary N) is 2. The minimum absolute atomic E-state index is 0. The van der Waals surface area contributed by atoms with E-state index in [1.807, 2.05) is 11.8 Å². The van der Waals surface area contributed by atoms with Gasteiger partial charge in [0.15, 0.2) is 0 Å². The van der Waals surface area contributed by atoms with Crippen molar-refractivity contribution in [3.05, 3.63) is 17.5 Å². The monoisotopic (exact) mass is 381 g/mol. The van der Waals surface area contributed by atoms with Gasteiger partial charge in [0.25, 0.3) is 10.0 Å². The van der Waals surface area contributed by atoms with Crippen LogP contribution in [0.25, 0.3) is 0 Å². The highest BCUT2D eigenvalue weighted by molar-refractivity contribution is 7.91. The molecule has 6 nitrogen and oxygen atoms in total. The number of carbonyl (C=O) groups is 1. The summed E-state index contributed by atoms with van der Waals surface area (Å²) in [6.07, 6.45) is 1.77. The molecule has 1 amide bonds. The molecular formula is C14H24ClN3O3S2. The highest BCUT2D eigenvalue weighted by Crippen LogP contribution is 2.17. The zero-order chi connectivity index (χ0) is 16.2. The fourth-order valence-corrected chi connectivity index (χ4v) is 4.83. The molecule has 2 N–H and O–H groups in total. The molecule has 1 aliphatic heterocycles. The quantitative estimate of drug-likeness (QED) is 0.749. The van der Waals surface area contributed by atoms with E-state index in [2.05, 4.69) is 10.0 Å². The molecule has 0 aromatic carbocycles. The third-order valence-corrected chi connectivity index (χ3v) is 6.62. The van der Waals surface area contributed by atoms with Gasteiger partial charge in [-0.05, 0) is 37.8 Å². The summed E-state index contributed by atoms with van der Waals surface area (Å²) in [7, 11) is -3.63. The van der Waals surface area contributed by atoms with Gasteiger partial charge in [0.05, 0.1) is 6.04 Å². The molecule has 1 aromatic rings. The van der Waals surface area contributed by atoms with Gasteiger partial charge in [0.2, 0.25) is 5.91 Å². The Bertz CT molecular complexity index is 586. The lowest BCUT2D eigenvalue weighted by Gasteiger charge is -2.30. The standard InChI is InChI=1S/C14H23N3O3S2.ClH/c1-3-8-17(12-6-7-15-10-12)14(18)11(2)16-22(19,20)13-5-4-9-21-13;/h4-5,9,11-12,15-16H,3,6-8,10H2,1-2H3;1H. The Kier molecular flexibility index (Phi) is 7.96. The smallest absolute Gasteiger partial charge is 0.250 e. The molecule has 2 unspecified atom stereocenters. The summed E-state index contributed by atoms with van der Waals surface area (Å²) in [5.74, 6) is -0.157. The molecule has 23 heavy (non-hydrogen) atoms. The number of halogens is 1. The molecule has 0 saturated carbocycles. The van der Waals surface area contributed by atoms with Crippen LogP contribution in [0.15, 0.2) is 21.7 Å². The lowest BCUT2D eigenvalue weighted by molar-refractivity contribution is -0.134. The molecule has 0 bridgehead atoms. The molecule has 1 fully saturated rings. The number of hydrogen-bond donors (Lipinski definition) is 2. The summed E-state index contributed by atoms with van der Waals surface area (Å²) in [6.45, 7) is 5.95. The molecule has 0 aliphatic carbocycles. The number of rotatable bonds is 7. The lowest BCUT2D eigenvalue weighted by Crippen LogP contribution is -2.51. The summed E-state index contributed by atoms with van der Waals surface area (Å²) >= 11 is 1.14. The third-order valence-electron chi connectivity index (χ3n) is 3.68. The Hall–Kier alpha value is -0.670. The van der Waals surface area contributed by atoms with Gasteiger partial charge in [-0.2, -0.15) is 4.72 Å². The van der Waals surface area contributed by atoms with E-state index in [-0.39, 0.29) is 28.6 Å². The number of sulfonamides is 1. The second-order valence-electron chi connectivity index (χ2n) is 5.45. The molecule has 1 aromatic heterocycles. The molecule has 9 heteroatoms. The highest BCUT2D eigenvalue weighted by Gasteiger charge is 2.31.